The highest BCUT2D eigenvalue weighted by atomic mass is 35.5. The maximum atomic E-state index is 13.7. The molecule has 2 aromatic carbocycles. The van der Waals surface area contributed by atoms with Crippen LogP contribution >= 0.6 is 11.6 Å². The number of fused-ring (bicyclic) bond motifs is 1. The molecule has 3 amide bonds. The average molecular weight is 590 g/mol. The van der Waals surface area contributed by atoms with Crippen LogP contribution in [0.2, 0.25) is 5.02 Å². The van der Waals surface area contributed by atoms with Crippen molar-refractivity contribution in [3.8, 4) is 5.75 Å². The van der Waals surface area contributed by atoms with Gasteiger partial charge in [0, 0.05) is 23.2 Å². The van der Waals surface area contributed by atoms with E-state index in [1.807, 2.05) is 0 Å². The van der Waals surface area contributed by atoms with E-state index in [1.165, 1.54) is 19.1 Å². The third kappa shape index (κ3) is 6.43. The number of hydrogen-bond donors (Lipinski definition) is 3. The number of nitrogens with zero attached hydrogens (tertiary/aromatic N) is 1. The number of nitrogens with one attached hydrogen (secondary N) is 2. The summed E-state index contributed by atoms with van der Waals surface area (Å²) in [7, 11) is 0. The summed E-state index contributed by atoms with van der Waals surface area (Å²) in [4.78, 5) is 63.3. The maximum absolute atomic E-state index is 13.7. The molecular weight excluding hydrogens is 561 g/mol. The van der Waals surface area contributed by atoms with Crippen LogP contribution in [0.4, 0.5) is 9.18 Å². The van der Waals surface area contributed by atoms with Gasteiger partial charge in [-0.15, -0.1) is 0 Å². The van der Waals surface area contributed by atoms with Gasteiger partial charge in [-0.3, -0.25) is 24.1 Å². The van der Waals surface area contributed by atoms with Crippen LogP contribution < -0.4 is 15.4 Å². The monoisotopic (exact) mass is 589 g/mol. The largest absolute Gasteiger partial charge is 0.484 e. The smallest absolute Gasteiger partial charge is 0.407 e. The maximum Gasteiger partial charge on any atom is 0.407 e. The van der Waals surface area contributed by atoms with Crippen LogP contribution in [0.1, 0.15) is 65.9 Å². The minimum Gasteiger partial charge on any atom is -0.484 e. The fraction of sp³-hybridized carbons (Fsp3) is 0.393. The Morgan fingerprint density at radius 2 is 1.85 bits per heavy atom. The topological polar surface area (TPSA) is 151 Å². The first kappa shape index (κ1) is 29.8. The third-order valence-corrected chi connectivity index (χ3v) is 7.34. The van der Waals surface area contributed by atoms with Crippen molar-refractivity contribution in [2.45, 2.75) is 57.4 Å². The number of carboxylic acid groups (broad SMARTS) is 1. The number of benzene rings is 2. The van der Waals surface area contributed by atoms with E-state index in [2.05, 4.69) is 10.6 Å². The Balaban J connectivity index is 1.59. The first-order valence-corrected chi connectivity index (χ1v) is 13.2. The van der Waals surface area contributed by atoms with E-state index < -0.39 is 60.0 Å². The van der Waals surface area contributed by atoms with Gasteiger partial charge in [0.15, 0.2) is 11.9 Å². The van der Waals surface area contributed by atoms with E-state index in [0.717, 1.165) is 17.0 Å². The van der Waals surface area contributed by atoms with Gasteiger partial charge in [0.2, 0.25) is 5.91 Å². The van der Waals surface area contributed by atoms with E-state index in [4.69, 9.17) is 21.1 Å². The molecule has 0 radical (unpaired) electrons. The lowest BCUT2D eigenvalue weighted by Crippen LogP contribution is -2.56. The van der Waals surface area contributed by atoms with E-state index in [0.29, 0.717) is 29.7 Å². The quantitative estimate of drug-likeness (QED) is 0.328. The van der Waals surface area contributed by atoms with E-state index in [1.54, 1.807) is 26.0 Å². The number of likely N-dealkylation sites (tertiary alicyclic amines) is 1. The predicted octanol–water partition coefficient (Wildman–Crippen LogP) is 3.49. The van der Waals surface area contributed by atoms with Crippen molar-refractivity contribution in [2.75, 3.05) is 13.1 Å². The summed E-state index contributed by atoms with van der Waals surface area (Å²) < 4.78 is 25.5. The van der Waals surface area contributed by atoms with Gasteiger partial charge in [-0.1, -0.05) is 11.6 Å². The molecule has 13 heteroatoms. The van der Waals surface area contributed by atoms with Crippen molar-refractivity contribution in [3.05, 3.63) is 63.9 Å². The van der Waals surface area contributed by atoms with Gasteiger partial charge in [-0.05, 0) is 70.0 Å². The molecule has 2 aliphatic heterocycles. The first-order valence-electron chi connectivity index (χ1n) is 12.8. The average Bonchev–Trinajstić information content (AvgIpc) is 3.41. The number of carbonyl (C=O) groups is 5. The summed E-state index contributed by atoms with van der Waals surface area (Å²) in [6, 6.07) is 6.18. The van der Waals surface area contributed by atoms with Crippen LogP contribution in [0.15, 0.2) is 36.4 Å². The highest BCUT2D eigenvalue weighted by Crippen LogP contribution is 2.42. The minimum atomic E-state index is -1.23. The summed E-state index contributed by atoms with van der Waals surface area (Å²) in [6.45, 7) is 4.31. The van der Waals surface area contributed by atoms with E-state index in [-0.39, 0.29) is 22.9 Å². The molecule has 1 fully saturated rings. The van der Waals surface area contributed by atoms with Gasteiger partial charge < -0.3 is 25.2 Å². The standard InChI is InChI=1S/C28H29ClFN3O8/c1-14(34)15-7-9-21-17(11-15)23(32-25(36)16-6-8-19(30)18(29)12-16)24(28(2,3)41-21)40-22(35)13-31-26(37)20-5-4-10-33(20)27(38)39/h6-9,11-12,20,23-24H,4-5,10,13H2,1-3H3,(H,31,37)(H,32,36)(H,38,39)/t20-,23-,24-/m0/s1. The van der Waals surface area contributed by atoms with E-state index in [9.17, 15) is 33.5 Å². The summed E-state index contributed by atoms with van der Waals surface area (Å²) in [5.74, 6) is -2.75. The molecule has 0 spiro atoms. The summed E-state index contributed by atoms with van der Waals surface area (Å²) >= 11 is 5.86. The molecule has 0 aliphatic carbocycles. The summed E-state index contributed by atoms with van der Waals surface area (Å²) in [6.07, 6.45) is -1.53. The zero-order chi connectivity index (χ0) is 30.1. The third-order valence-electron chi connectivity index (χ3n) is 7.05. The molecule has 11 nitrogen and oxygen atoms in total. The van der Waals surface area contributed by atoms with Crippen molar-refractivity contribution in [3.63, 3.8) is 0 Å². The Morgan fingerprint density at radius 3 is 2.51 bits per heavy atom. The zero-order valence-electron chi connectivity index (χ0n) is 22.5. The molecule has 0 unspecified atom stereocenters. The highest BCUT2D eigenvalue weighted by Gasteiger charge is 2.47. The second-order valence-electron chi connectivity index (χ2n) is 10.4. The second-order valence-corrected chi connectivity index (χ2v) is 10.8. The molecule has 0 bridgehead atoms. The van der Waals surface area contributed by atoms with Gasteiger partial charge in [0.1, 0.15) is 29.8 Å². The normalized spacial score (nSPS) is 20.8. The molecule has 4 rings (SSSR count). The Bertz CT molecular complexity index is 1410. The molecule has 0 saturated carbocycles. The summed E-state index contributed by atoms with van der Waals surface area (Å²) in [5.41, 5.74) is -0.465. The molecule has 218 valence electrons. The number of hydrogen-bond acceptors (Lipinski definition) is 7. The van der Waals surface area contributed by atoms with Gasteiger partial charge in [-0.25, -0.2) is 9.18 Å². The lowest BCUT2D eigenvalue weighted by molar-refractivity contribution is -0.164. The molecule has 2 heterocycles. The van der Waals surface area contributed by atoms with Crippen LogP contribution in [0.25, 0.3) is 0 Å². The molecule has 0 aromatic heterocycles. The molecule has 3 N–H and O–H groups in total. The van der Waals surface area contributed by atoms with Crippen LogP contribution in [0.3, 0.4) is 0 Å². The van der Waals surface area contributed by atoms with Crippen molar-refractivity contribution in [2.24, 2.45) is 0 Å². The van der Waals surface area contributed by atoms with Gasteiger partial charge in [-0.2, -0.15) is 0 Å². The molecule has 3 atom stereocenters. The van der Waals surface area contributed by atoms with Crippen molar-refractivity contribution < 1.29 is 42.9 Å². The SMILES string of the molecule is CC(=O)c1ccc2c(c1)[C@H](NC(=O)c1ccc(F)c(Cl)c1)[C@H](OC(=O)CNC(=O)[C@@H]1CCCN1C(=O)O)C(C)(C)O2. The number of rotatable bonds is 7. The number of carbonyl (C=O) groups excluding carboxylic acids is 4. The lowest BCUT2D eigenvalue weighted by atomic mass is 9.85. The lowest BCUT2D eigenvalue weighted by Gasteiger charge is -2.44. The predicted molar refractivity (Wildman–Crippen MR) is 143 cm³/mol. The van der Waals surface area contributed by atoms with Crippen molar-refractivity contribution >= 4 is 41.3 Å². The Morgan fingerprint density at radius 1 is 1.15 bits per heavy atom. The number of amides is 3. The zero-order valence-corrected chi connectivity index (χ0v) is 23.3. The number of ether oxygens (including phenoxy) is 2. The van der Waals surface area contributed by atoms with Gasteiger partial charge in [0.05, 0.1) is 11.1 Å². The number of Topliss-reactive ketones (excluding diaryl/α,β-unsaturated/α-hetero) is 1. The van der Waals surface area contributed by atoms with Crippen LogP contribution in [-0.4, -0.2) is 70.5 Å². The first-order chi connectivity index (χ1) is 19.3. The molecule has 1 saturated heterocycles. The van der Waals surface area contributed by atoms with Crippen molar-refractivity contribution in [1.29, 1.82) is 0 Å². The second kappa shape index (κ2) is 11.7. The molecule has 2 aromatic rings. The molecule has 41 heavy (non-hydrogen) atoms. The minimum absolute atomic E-state index is 0.0434. The van der Waals surface area contributed by atoms with Gasteiger partial charge >= 0.3 is 12.1 Å². The van der Waals surface area contributed by atoms with Gasteiger partial charge in [0.25, 0.3) is 5.91 Å². The number of ketones is 1. The van der Waals surface area contributed by atoms with E-state index >= 15 is 0 Å². The van der Waals surface area contributed by atoms with Crippen molar-refractivity contribution in [1.82, 2.24) is 15.5 Å². The highest BCUT2D eigenvalue weighted by molar-refractivity contribution is 6.31. The number of halogens is 2. The molecular formula is C28H29ClFN3O8. The fourth-order valence-electron chi connectivity index (χ4n) is 4.96. The molecule has 2 aliphatic rings. The number of esters is 1. The van der Waals surface area contributed by atoms with Crippen LogP contribution in [0.5, 0.6) is 5.75 Å². The Labute approximate surface area is 239 Å². The fourth-order valence-corrected chi connectivity index (χ4v) is 5.14. The summed E-state index contributed by atoms with van der Waals surface area (Å²) in [5, 5.41) is 14.2. The Kier molecular flexibility index (Phi) is 8.52. The Hall–Kier alpha value is -4.19. The van der Waals surface area contributed by atoms with Crippen LogP contribution in [0, 0.1) is 5.82 Å². The van der Waals surface area contributed by atoms with Crippen LogP contribution in [-0.2, 0) is 14.3 Å².